The van der Waals surface area contributed by atoms with E-state index in [1.54, 1.807) is 0 Å². The Hall–Kier alpha value is -0.0800. The van der Waals surface area contributed by atoms with Crippen molar-refractivity contribution in [3.8, 4) is 0 Å². The molecule has 2 nitrogen and oxygen atoms in total. The lowest BCUT2D eigenvalue weighted by Crippen LogP contribution is -2.33. The number of hydrogen-bond donors (Lipinski definition) is 1. The summed E-state index contributed by atoms with van der Waals surface area (Å²) in [5, 5.41) is 3.72. The molecule has 2 saturated carbocycles. The van der Waals surface area contributed by atoms with Crippen molar-refractivity contribution >= 4 is 0 Å². The summed E-state index contributed by atoms with van der Waals surface area (Å²) in [7, 11) is 0. The van der Waals surface area contributed by atoms with Gasteiger partial charge in [-0.3, -0.25) is 0 Å². The molecule has 1 N–H and O–H groups in total. The molecule has 0 amide bonds. The van der Waals surface area contributed by atoms with Crippen molar-refractivity contribution in [3.63, 3.8) is 0 Å². The Morgan fingerprint density at radius 2 is 2.13 bits per heavy atom. The van der Waals surface area contributed by atoms with Gasteiger partial charge in [0.05, 0.1) is 0 Å². The average Bonchev–Trinajstić information content (AvgIpc) is 3.10. The fourth-order valence-electron chi connectivity index (χ4n) is 2.27. The van der Waals surface area contributed by atoms with Crippen molar-refractivity contribution in [3.05, 3.63) is 0 Å². The summed E-state index contributed by atoms with van der Waals surface area (Å²) >= 11 is 0. The summed E-state index contributed by atoms with van der Waals surface area (Å²) in [6.45, 7) is 7.46. The van der Waals surface area contributed by atoms with Crippen molar-refractivity contribution in [2.75, 3.05) is 19.8 Å². The SMILES string of the molecule is CCOCCC1(CNC(C)C2CC2)CC1. The maximum atomic E-state index is 5.45. The monoisotopic (exact) mass is 211 g/mol. The van der Waals surface area contributed by atoms with Gasteiger partial charge in [0, 0.05) is 25.8 Å². The van der Waals surface area contributed by atoms with Crippen LogP contribution in [-0.2, 0) is 4.74 Å². The summed E-state index contributed by atoms with van der Waals surface area (Å²) in [6, 6.07) is 0.745. The molecular weight excluding hydrogens is 186 g/mol. The Kier molecular flexibility index (Phi) is 3.68. The van der Waals surface area contributed by atoms with E-state index in [-0.39, 0.29) is 0 Å². The number of rotatable bonds is 8. The van der Waals surface area contributed by atoms with Gasteiger partial charge in [-0.2, -0.15) is 0 Å². The lowest BCUT2D eigenvalue weighted by molar-refractivity contribution is 0.127. The molecule has 0 radical (unpaired) electrons. The molecule has 0 aliphatic heterocycles. The lowest BCUT2D eigenvalue weighted by atomic mass is 10.0. The highest BCUT2D eigenvalue weighted by Crippen LogP contribution is 2.48. The van der Waals surface area contributed by atoms with Crippen LogP contribution in [0.15, 0.2) is 0 Å². The van der Waals surface area contributed by atoms with E-state index in [2.05, 4.69) is 19.2 Å². The van der Waals surface area contributed by atoms with Crippen LogP contribution < -0.4 is 5.32 Å². The van der Waals surface area contributed by atoms with Crippen LogP contribution in [0.4, 0.5) is 0 Å². The molecule has 0 aromatic heterocycles. The highest BCUT2D eigenvalue weighted by atomic mass is 16.5. The van der Waals surface area contributed by atoms with Gasteiger partial charge in [-0.25, -0.2) is 0 Å². The predicted octanol–water partition coefficient (Wildman–Crippen LogP) is 2.58. The normalized spacial score (nSPS) is 25.2. The van der Waals surface area contributed by atoms with Crippen molar-refractivity contribution in [1.82, 2.24) is 5.32 Å². The maximum Gasteiger partial charge on any atom is 0.0471 e. The smallest absolute Gasteiger partial charge is 0.0471 e. The van der Waals surface area contributed by atoms with Gasteiger partial charge in [-0.15, -0.1) is 0 Å². The van der Waals surface area contributed by atoms with E-state index in [0.717, 1.165) is 25.2 Å². The van der Waals surface area contributed by atoms with Gasteiger partial charge in [-0.1, -0.05) is 0 Å². The molecule has 2 heteroatoms. The number of hydrogen-bond acceptors (Lipinski definition) is 2. The van der Waals surface area contributed by atoms with Crippen molar-refractivity contribution in [1.29, 1.82) is 0 Å². The molecule has 2 rings (SSSR count). The minimum Gasteiger partial charge on any atom is -0.382 e. The van der Waals surface area contributed by atoms with Gasteiger partial charge in [-0.05, 0) is 57.3 Å². The van der Waals surface area contributed by atoms with E-state index in [1.807, 2.05) is 0 Å². The topological polar surface area (TPSA) is 21.3 Å². The lowest BCUT2D eigenvalue weighted by Gasteiger charge is -2.19. The van der Waals surface area contributed by atoms with E-state index >= 15 is 0 Å². The molecule has 0 spiro atoms. The zero-order valence-electron chi connectivity index (χ0n) is 10.2. The summed E-state index contributed by atoms with van der Waals surface area (Å²) < 4.78 is 5.45. The molecule has 1 atom stereocenters. The molecule has 15 heavy (non-hydrogen) atoms. The first-order valence-corrected chi connectivity index (χ1v) is 6.57. The molecule has 0 bridgehead atoms. The van der Waals surface area contributed by atoms with Gasteiger partial charge in [0.2, 0.25) is 0 Å². The van der Waals surface area contributed by atoms with Crippen LogP contribution in [0.25, 0.3) is 0 Å². The van der Waals surface area contributed by atoms with E-state index in [4.69, 9.17) is 4.74 Å². The molecule has 0 saturated heterocycles. The van der Waals surface area contributed by atoms with Crippen LogP contribution in [0.2, 0.25) is 0 Å². The Morgan fingerprint density at radius 1 is 1.40 bits per heavy atom. The predicted molar refractivity (Wildman–Crippen MR) is 63.0 cm³/mol. The van der Waals surface area contributed by atoms with E-state index < -0.39 is 0 Å². The van der Waals surface area contributed by atoms with Crippen molar-refractivity contribution in [2.24, 2.45) is 11.3 Å². The third-order valence-corrected chi connectivity index (χ3v) is 4.07. The Bertz CT molecular complexity index is 197. The number of nitrogens with one attached hydrogen (secondary N) is 1. The molecule has 0 aromatic rings. The van der Waals surface area contributed by atoms with Crippen LogP contribution in [0.1, 0.15) is 46.0 Å². The van der Waals surface area contributed by atoms with Gasteiger partial charge >= 0.3 is 0 Å². The fraction of sp³-hybridized carbons (Fsp3) is 1.00. The Balaban J connectivity index is 1.60. The van der Waals surface area contributed by atoms with Crippen LogP contribution in [0.5, 0.6) is 0 Å². The fourth-order valence-corrected chi connectivity index (χ4v) is 2.27. The van der Waals surface area contributed by atoms with E-state index in [0.29, 0.717) is 5.41 Å². The molecule has 2 aliphatic carbocycles. The molecule has 88 valence electrons. The van der Waals surface area contributed by atoms with Crippen LogP contribution in [0.3, 0.4) is 0 Å². The molecule has 0 aromatic carbocycles. The first-order chi connectivity index (χ1) is 7.26. The van der Waals surface area contributed by atoms with Crippen LogP contribution in [-0.4, -0.2) is 25.8 Å². The molecule has 0 heterocycles. The van der Waals surface area contributed by atoms with Gasteiger partial charge in [0.25, 0.3) is 0 Å². The maximum absolute atomic E-state index is 5.45. The van der Waals surface area contributed by atoms with Crippen molar-refractivity contribution in [2.45, 2.75) is 52.0 Å². The Labute approximate surface area is 93.8 Å². The zero-order valence-corrected chi connectivity index (χ0v) is 10.2. The molecule has 1 unspecified atom stereocenters. The molecular formula is C13H25NO. The quantitative estimate of drug-likeness (QED) is 0.623. The van der Waals surface area contributed by atoms with Crippen LogP contribution >= 0.6 is 0 Å². The van der Waals surface area contributed by atoms with Crippen LogP contribution in [0, 0.1) is 11.3 Å². The second-order valence-electron chi connectivity index (χ2n) is 5.45. The first kappa shape index (κ1) is 11.4. The third kappa shape index (κ3) is 3.46. The van der Waals surface area contributed by atoms with Gasteiger partial charge in [0.15, 0.2) is 0 Å². The molecule has 2 aliphatic rings. The minimum atomic E-state index is 0.609. The summed E-state index contributed by atoms with van der Waals surface area (Å²) in [5.74, 6) is 0.979. The highest BCUT2D eigenvalue weighted by Gasteiger charge is 2.42. The first-order valence-electron chi connectivity index (χ1n) is 6.57. The largest absolute Gasteiger partial charge is 0.382 e. The third-order valence-electron chi connectivity index (χ3n) is 4.07. The second-order valence-corrected chi connectivity index (χ2v) is 5.45. The Morgan fingerprint density at radius 3 is 2.67 bits per heavy atom. The zero-order chi connectivity index (χ0) is 10.7. The van der Waals surface area contributed by atoms with Gasteiger partial charge in [0.1, 0.15) is 0 Å². The van der Waals surface area contributed by atoms with Gasteiger partial charge < -0.3 is 10.1 Å². The van der Waals surface area contributed by atoms with E-state index in [9.17, 15) is 0 Å². The minimum absolute atomic E-state index is 0.609. The van der Waals surface area contributed by atoms with E-state index in [1.165, 1.54) is 38.6 Å². The molecule has 2 fully saturated rings. The standard InChI is InChI=1S/C13H25NO/c1-3-15-9-8-13(6-7-13)10-14-11(2)12-4-5-12/h11-12,14H,3-10H2,1-2H3. The second kappa shape index (κ2) is 4.84. The number of ether oxygens (including phenoxy) is 1. The highest BCUT2D eigenvalue weighted by molar-refractivity contribution is 4.96. The summed E-state index contributed by atoms with van der Waals surface area (Å²) in [4.78, 5) is 0. The average molecular weight is 211 g/mol. The summed E-state index contributed by atoms with van der Waals surface area (Å²) in [6.07, 6.45) is 6.96. The van der Waals surface area contributed by atoms with Crippen molar-refractivity contribution < 1.29 is 4.74 Å². The summed E-state index contributed by atoms with van der Waals surface area (Å²) in [5.41, 5.74) is 0.609.